The van der Waals surface area contributed by atoms with Gasteiger partial charge in [-0.2, -0.15) is 0 Å². The predicted molar refractivity (Wildman–Crippen MR) is 90.7 cm³/mol. The quantitative estimate of drug-likeness (QED) is 0.809. The molecule has 0 aliphatic carbocycles. The maximum Gasteiger partial charge on any atom is 0.409 e. The Kier molecular flexibility index (Phi) is 7.14. The molecule has 0 aromatic heterocycles. The first-order chi connectivity index (χ1) is 11.1. The minimum atomic E-state index is -0.562. The van der Waals surface area contributed by atoms with Gasteiger partial charge in [0, 0.05) is 37.2 Å². The number of aliphatic hydroxyl groups is 1. The van der Waals surface area contributed by atoms with E-state index in [9.17, 15) is 9.90 Å². The summed E-state index contributed by atoms with van der Waals surface area (Å²) in [7, 11) is 0. The maximum absolute atomic E-state index is 11.6. The van der Waals surface area contributed by atoms with Gasteiger partial charge in [-0.05, 0) is 31.2 Å². The van der Waals surface area contributed by atoms with E-state index < -0.39 is 6.10 Å². The Morgan fingerprint density at radius 1 is 1.26 bits per heavy atom. The average molecular weight is 387 g/mol. The molecule has 6 nitrogen and oxygen atoms in total. The van der Waals surface area contributed by atoms with E-state index in [1.807, 2.05) is 24.3 Å². The third kappa shape index (κ3) is 6.01. The minimum absolute atomic E-state index is 0.250. The van der Waals surface area contributed by atoms with Crippen LogP contribution in [0.4, 0.5) is 4.79 Å². The molecular weight excluding hydrogens is 364 g/mol. The van der Waals surface area contributed by atoms with Crippen LogP contribution >= 0.6 is 15.9 Å². The summed E-state index contributed by atoms with van der Waals surface area (Å²) in [5.41, 5.74) is 0. The van der Waals surface area contributed by atoms with Gasteiger partial charge in [0.25, 0.3) is 0 Å². The molecule has 0 radical (unpaired) electrons. The Labute approximate surface area is 145 Å². The van der Waals surface area contributed by atoms with E-state index in [0.29, 0.717) is 26.2 Å². The molecular formula is C16H23BrN2O4. The molecule has 0 bridgehead atoms. The molecule has 0 spiro atoms. The van der Waals surface area contributed by atoms with E-state index in [-0.39, 0.29) is 12.7 Å². The third-order valence-corrected chi connectivity index (χ3v) is 4.15. The molecule has 23 heavy (non-hydrogen) atoms. The van der Waals surface area contributed by atoms with Crippen molar-refractivity contribution in [1.29, 1.82) is 0 Å². The lowest BCUT2D eigenvalue weighted by Crippen LogP contribution is -2.51. The monoisotopic (exact) mass is 386 g/mol. The van der Waals surface area contributed by atoms with Crippen molar-refractivity contribution >= 4 is 22.0 Å². The Bertz CT molecular complexity index is 489. The van der Waals surface area contributed by atoms with Crippen molar-refractivity contribution in [3.8, 4) is 5.75 Å². The fraction of sp³-hybridized carbons (Fsp3) is 0.562. The molecule has 1 aliphatic rings. The standard InChI is InChI=1S/C16H23BrN2O4/c1-2-22-16(21)19-9-7-18(8-10-19)11-14(20)12-23-15-5-3-13(17)4-6-15/h3-6,14,20H,2,7-12H2,1H3. The normalized spacial score (nSPS) is 16.9. The Morgan fingerprint density at radius 3 is 2.52 bits per heavy atom. The van der Waals surface area contributed by atoms with Crippen molar-refractivity contribution in [3.05, 3.63) is 28.7 Å². The van der Waals surface area contributed by atoms with Crippen LogP contribution in [-0.2, 0) is 4.74 Å². The van der Waals surface area contributed by atoms with E-state index in [1.165, 1.54) is 0 Å². The number of carbonyl (C=O) groups excluding carboxylic acids is 1. The summed E-state index contributed by atoms with van der Waals surface area (Å²) < 4.78 is 11.6. The van der Waals surface area contributed by atoms with Crippen LogP contribution in [0.2, 0.25) is 0 Å². The third-order valence-electron chi connectivity index (χ3n) is 3.62. The molecule has 1 aromatic rings. The van der Waals surface area contributed by atoms with Crippen LogP contribution in [0, 0.1) is 0 Å². The van der Waals surface area contributed by atoms with Crippen LogP contribution < -0.4 is 4.74 Å². The second kappa shape index (κ2) is 9.10. The van der Waals surface area contributed by atoms with E-state index >= 15 is 0 Å². The van der Waals surface area contributed by atoms with Crippen LogP contribution in [-0.4, -0.2) is 73.0 Å². The molecule has 1 unspecified atom stereocenters. The average Bonchev–Trinajstić information content (AvgIpc) is 2.55. The molecule has 2 rings (SSSR count). The smallest absolute Gasteiger partial charge is 0.409 e. The van der Waals surface area contributed by atoms with Gasteiger partial charge < -0.3 is 19.5 Å². The molecule has 1 fully saturated rings. The number of nitrogens with zero attached hydrogens (tertiary/aromatic N) is 2. The lowest BCUT2D eigenvalue weighted by molar-refractivity contribution is 0.0408. The summed E-state index contributed by atoms with van der Waals surface area (Å²) in [4.78, 5) is 15.5. The van der Waals surface area contributed by atoms with Gasteiger partial charge in [0.05, 0.1) is 6.61 Å². The van der Waals surface area contributed by atoms with E-state index in [0.717, 1.165) is 23.3 Å². The van der Waals surface area contributed by atoms with Crippen LogP contribution in [0.1, 0.15) is 6.92 Å². The largest absolute Gasteiger partial charge is 0.491 e. The SMILES string of the molecule is CCOC(=O)N1CCN(CC(O)COc2ccc(Br)cc2)CC1. The number of halogens is 1. The predicted octanol–water partition coefficient (Wildman–Crippen LogP) is 1.96. The van der Waals surface area contributed by atoms with Crippen molar-refractivity contribution in [2.24, 2.45) is 0 Å². The number of benzene rings is 1. The van der Waals surface area contributed by atoms with Crippen LogP contribution in [0.5, 0.6) is 5.75 Å². The van der Waals surface area contributed by atoms with Crippen LogP contribution in [0.3, 0.4) is 0 Å². The lowest BCUT2D eigenvalue weighted by atomic mass is 10.2. The van der Waals surface area contributed by atoms with E-state index in [2.05, 4.69) is 20.8 Å². The number of hydrogen-bond acceptors (Lipinski definition) is 5. The maximum atomic E-state index is 11.6. The molecule has 1 amide bonds. The molecule has 1 atom stereocenters. The molecule has 1 aliphatic heterocycles. The Hall–Kier alpha value is -1.31. The number of aliphatic hydroxyl groups excluding tert-OH is 1. The Morgan fingerprint density at radius 2 is 1.91 bits per heavy atom. The van der Waals surface area contributed by atoms with Gasteiger partial charge in [-0.25, -0.2) is 4.79 Å². The summed E-state index contributed by atoms with van der Waals surface area (Å²) in [6, 6.07) is 7.51. The first kappa shape index (κ1) is 18.0. The van der Waals surface area contributed by atoms with Gasteiger partial charge in [-0.1, -0.05) is 15.9 Å². The molecule has 1 aromatic carbocycles. The van der Waals surface area contributed by atoms with Crippen molar-refractivity contribution in [1.82, 2.24) is 9.80 Å². The van der Waals surface area contributed by atoms with Crippen LogP contribution in [0.15, 0.2) is 28.7 Å². The number of carbonyl (C=O) groups is 1. The zero-order valence-electron chi connectivity index (χ0n) is 13.3. The van der Waals surface area contributed by atoms with Gasteiger partial charge in [0.1, 0.15) is 18.5 Å². The minimum Gasteiger partial charge on any atom is -0.491 e. The number of piperazine rings is 1. The summed E-state index contributed by atoms with van der Waals surface area (Å²) >= 11 is 3.37. The zero-order valence-corrected chi connectivity index (χ0v) is 14.9. The fourth-order valence-corrected chi connectivity index (χ4v) is 2.67. The fourth-order valence-electron chi connectivity index (χ4n) is 2.40. The molecule has 128 valence electrons. The summed E-state index contributed by atoms with van der Waals surface area (Å²) in [5, 5.41) is 10.1. The van der Waals surface area contributed by atoms with Crippen molar-refractivity contribution in [3.63, 3.8) is 0 Å². The van der Waals surface area contributed by atoms with Gasteiger partial charge >= 0.3 is 6.09 Å². The zero-order chi connectivity index (χ0) is 16.7. The van der Waals surface area contributed by atoms with Gasteiger partial charge in [-0.3, -0.25) is 4.90 Å². The lowest BCUT2D eigenvalue weighted by Gasteiger charge is -2.34. The highest BCUT2D eigenvalue weighted by molar-refractivity contribution is 9.10. The van der Waals surface area contributed by atoms with Crippen molar-refractivity contribution < 1.29 is 19.4 Å². The first-order valence-corrected chi connectivity index (χ1v) is 8.58. The molecule has 1 saturated heterocycles. The number of ether oxygens (including phenoxy) is 2. The molecule has 1 N–H and O–H groups in total. The van der Waals surface area contributed by atoms with Gasteiger partial charge in [0.15, 0.2) is 0 Å². The van der Waals surface area contributed by atoms with Gasteiger partial charge in [0.2, 0.25) is 0 Å². The highest BCUT2D eigenvalue weighted by Gasteiger charge is 2.23. The highest BCUT2D eigenvalue weighted by Crippen LogP contribution is 2.16. The summed E-state index contributed by atoms with van der Waals surface area (Å²) in [6.45, 7) is 5.69. The number of rotatable bonds is 6. The molecule has 0 saturated carbocycles. The molecule has 1 heterocycles. The van der Waals surface area contributed by atoms with E-state index in [1.54, 1.807) is 11.8 Å². The summed E-state index contributed by atoms with van der Waals surface area (Å²) in [5.74, 6) is 0.736. The number of β-amino-alcohol motifs (C(OH)–C–C–N with tert-alkyl or cyclic N) is 1. The topological polar surface area (TPSA) is 62.2 Å². The second-order valence-corrected chi connectivity index (χ2v) is 6.32. The summed E-state index contributed by atoms with van der Waals surface area (Å²) in [6.07, 6.45) is -0.820. The first-order valence-electron chi connectivity index (χ1n) is 7.79. The van der Waals surface area contributed by atoms with E-state index in [4.69, 9.17) is 9.47 Å². The highest BCUT2D eigenvalue weighted by atomic mass is 79.9. The van der Waals surface area contributed by atoms with Gasteiger partial charge in [-0.15, -0.1) is 0 Å². The van der Waals surface area contributed by atoms with Crippen molar-refractivity contribution in [2.45, 2.75) is 13.0 Å². The Balaban J connectivity index is 1.67. The van der Waals surface area contributed by atoms with Crippen LogP contribution in [0.25, 0.3) is 0 Å². The number of hydrogen-bond donors (Lipinski definition) is 1. The molecule has 7 heteroatoms. The van der Waals surface area contributed by atoms with Crippen molar-refractivity contribution in [2.75, 3.05) is 45.9 Å². The number of amides is 1. The second-order valence-electron chi connectivity index (χ2n) is 5.41.